The topological polar surface area (TPSA) is 27.8 Å². The summed E-state index contributed by atoms with van der Waals surface area (Å²) in [6.07, 6.45) is 6.20. The molecule has 0 saturated heterocycles. The Bertz CT molecular complexity index is 527. The minimum absolute atomic E-state index is 0.670. The Morgan fingerprint density at radius 1 is 1.33 bits per heavy atom. The highest BCUT2D eigenvalue weighted by molar-refractivity contribution is 5.84. The molecule has 0 unspecified atom stereocenters. The van der Waals surface area contributed by atoms with Crippen molar-refractivity contribution < 1.29 is 0 Å². The number of aromatic nitrogens is 1. The molecule has 0 saturated carbocycles. The van der Waals surface area contributed by atoms with Crippen LogP contribution < -0.4 is 5.32 Å². The van der Waals surface area contributed by atoms with E-state index in [1.165, 1.54) is 55.2 Å². The van der Waals surface area contributed by atoms with E-state index in [0.29, 0.717) is 6.04 Å². The molecule has 2 N–H and O–H groups in total. The van der Waals surface area contributed by atoms with Gasteiger partial charge in [0.15, 0.2) is 0 Å². The van der Waals surface area contributed by atoms with Crippen molar-refractivity contribution in [3.63, 3.8) is 0 Å². The van der Waals surface area contributed by atoms with E-state index in [1.807, 2.05) is 0 Å². The smallest absolute Gasteiger partial charge is 0.0458 e. The summed E-state index contributed by atoms with van der Waals surface area (Å²) in [7, 11) is 0. The lowest BCUT2D eigenvalue weighted by atomic mass is 9.91. The average molecular weight is 242 g/mol. The number of hydrogen-bond acceptors (Lipinski definition) is 1. The molecule has 96 valence electrons. The molecule has 2 nitrogen and oxygen atoms in total. The van der Waals surface area contributed by atoms with Crippen molar-refractivity contribution in [2.24, 2.45) is 0 Å². The van der Waals surface area contributed by atoms with E-state index in [4.69, 9.17) is 0 Å². The summed E-state index contributed by atoms with van der Waals surface area (Å²) >= 11 is 0. The Morgan fingerprint density at radius 2 is 2.22 bits per heavy atom. The molecule has 0 aliphatic heterocycles. The number of aromatic amines is 1. The lowest BCUT2D eigenvalue weighted by Crippen LogP contribution is -2.34. The highest BCUT2D eigenvalue weighted by atomic mass is 14.9. The number of aryl methyl sites for hydroxylation is 1. The molecule has 2 aromatic rings. The molecule has 0 spiro atoms. The maximum absolute atomic E-state index is 3.70. The maximum atomic E-state index is 3.70. The number of rotatable bonds is 4. The third-order valence-electron chi connectivity index (χ3n) is 4.06. The standard InChI is InChI=1S/C16H22N2/c1-2-3-10-17-12-8-9-16-14(11-12)13-6-4-5-7-15(13)18-16/h4-7,12,17-18H,2-3,8-11H2,1H3/t12-/m0/s1. The van der Waals surface area contributed by atoms with Gasteiger partial charge in [-0.05, 0) is 43.9 Å². The molecular weight excluding hydrogens is 220 g/mol. The van der Waals surface area contributed by atoms with Crippen molar-refractivity contribution in [2.45, 2.75) is 45.1 Å². The van der Waals surface area contributed by atoms with Crippen molar-refractivity contribution in [2.75, 3.05) is 6.54 Å². The molecule has 0 fully saturated rings. The zero-order valence-electron chi connectivity index (χ0n) is 11.1. The summed E-state index contributed by atoms with van der Waals surface area (Å²) in [5.41, 5.74) is 4.31. The number of para-hydroxylation sites is 1. The number of fused-ring (bicyclic) bond motifs is 3. The van der Waals surface area contributed by atoms with E-state index >= 15 is 0 Å². The molecule has 18 heavy (non-hydrogen) atoms. The number of nitrogens with one attached hydrogen (secondary N) is 2. The van der Waals surface area contributed by atoms with Crippen LogP contribution in [0.1, 0.15) is 37.4 Å². The number of H-pyrrole nitrogens is 1. The van der Waals surface area contributed by atoms with Crippen LogP contribution >= 0.6 is 0 Å². The lowest BCUT2D eigenvalue weighted by Gasteiger charge is -2.23. The van der Waals surface area contributed by atoms with Crippen LogP contribution in [0.3, 0.4) is 0 Å². The Morgan fingerprint density at radius 3 is 3.11 bits per heavy atom. The molecule has 1 heterocycles. The predicted octanol–water partition coefficient (Wildman–Crippen LogP) is 3.41. The molecule has 3 rings (SSSR count). The maximum Gasteiger partial charge on any atom is 0.0458 e. The third kappa shape index (κ3) is 2.17. The van der Waals surface area contributed by atoms with Crippen LogP contribution in [0.5, 0.6) is 0 Å². The Labute approximate surface area is 109 Å². The average Bonchev–Trinajstić information content (AvgIpc) is 2.77. The van der Waals surface area contributed by atoms with E-state index in [-0.39, 0.29) is 0 Å². The first kappa shape index (κ1) is 11.8. The molecule has 1 atom stereocenters. The minimum atomic E-state index is 0.670. The first-order valence-corrected chi connectivity index (χ1v) is 7.20. The monoisotopic (exact) mass is 242 g/mol. The highest BCUT2D eigenvalue weighted by Gasteiger charge is 2.21. The van der Waals surface area contributed by atoms with Crippen LogP contribution in [0.2, 0.25) is 0 Å². The largest absolute Gasteiger partial charge is 0.358 e. The molecule has 0 bridgehead atoms. The van der Waals surface area contributed by atoms with Gasteiger partial charge in [0.1, 0.15) is 0 Å². The molecule has 2 heteroatoms. The van der Waals surface area contributed by atoms with Gasteiger partial charge in [-0.15, -0.1) is 0 Å². The normalized spacial score (nSPS) is 19.1. The van der Waals surface area contributed by atoms with E-state index in [2.05, 4.69) is 41.5 Å². The van der Waals surface area contributed by atoms with E-state index in [0.717, 1.165) is 0 Å². The van der Waals surface area contributed by atoms with Crippen LogP contribution in [-0.4, -0.2) is 17.6 Å². The molecule has 0 amide bonds. The van der Waals surface area contributed by atoms with Crippen LogP contribution in [-0.2, 0) is 12.8 Å². The molecular formula is C16H22N2. The van der Waals surface area contributed by atoms with Gasteiger partial charge in [0, 0.05) is 22.6 Å². The van der Waals surface area contributed by atoms with E-state index in [9.17, 15) is 0 Å². The van der Waals surface area contributed by atoms with Gasteiger partial charge in [-0.3, -0.25) is 0 Å². The first-order valence-electron chi connectivity index (χ1n) is 7.20. The number of unbranched alkanes of at least 4 members (excludes halogenated alkanes) is 1. The Kier molecular flexibility index (Phi) is 3.37. The van der Waals surface area contributed by atoms with Gasteiger partial charge in [-0.1, -0.05) is 31.5 Å². The molecule has 1 aromatic carbocycles. The summed E-state index contributed by atoms with van der Waals surface area (Å²) in [5.74, 6) is 0. The van der Waals surface area contributed by atoms with Gasteiger partial charge in [-0.2, -0.15) is 0 Å². The van der Waals surface area contributed by atoms with Gasteiger partial charge in [0.05, 0.1) is 0 Å². The van der Waals surface area contributed by atoms with Gasteiger partial charge in [0.2, 0.25) is 0 Å². The van der Waals surface area contributed by atoms with Gasteiger partial charge >= 0.3 is 0 Å². The molecule has 0 radical (unpaired) electrons. The minimum Gasteiger partial charge on any atom is -0.358 e. The fraction of sp³-hybridized carbons (Fsp3) is 0.500. The molecule has 1 aromatic heterocycles. The fourth-order valence-electron chi connectivity index (χ4n) is 3.03. The van der Waals surface area contributed by atoms with Gasteiger partial charge in [0.25, 0.3) is 0 Å². The van der Waals surface area contributed by atoms with Crippen LogP contribution in [0.15, 0.2) is 24.3 Å². The predicted molar refractivity (Wildman–Crippen MR) is 77.0 cm³/mol. The molecule has 1 aliphatic carbocycles. The third-order valence-corrected chi connectivity index (χ3v) is 4.06. The van der Waals surface area contributed by atoms with Crippen molar-refractivity contribution in [3.05, 3.63) is 35.5 Å². The van der Waals surface area contributed by atoms with Crippen LogP contribution in [0, 0.1) is 0 Å². The zero-order valence-corrected chi connectivity index (χ0v) is 11.1. The summed E-state index contributed by atoms with van der Waals surface area (Å²) in [5, 5.41) is 5.13. The summed E-state index contributed by atoms with van der Waals surface area (Å²) in [6, 6.07) is 9.36. The van der Waals surface area contributed by atoms with Crippen molar-refractivity contribution >= 4 is 10.9 Å². The highest BCUT2D eigenvalue weighted by Crippen LogP contribution is 2.28. The quantitative estimate of drug-likeness (QED) is 0.790. The second-order valence-electron chi connectivity index (χ2n) is 5.38. The second-order valence-corrected chi connectivity index (χ2v) is 5.38. The van der Waals surface area contributed by atoms with Crippen molar-refractivity contribution in [3.8, 4) is 0 Å². The van der Waals surface area contributed by atoms with Gasteiger partial charge in [-0.25, -0.2) is 0 Å². The first-order chi connectivity index (χ1) is 8.88. The number of benzene rings is 1. The van der Waals surface area contributed by atoms with Gasteiger partial charge < -0.3 is 10.3 Å². The Hall–Kier alpha value is -1.28. The number of hydrogen-bond donors (Lipinski definition) is 2. The van der Waals surface area contributed by atoms with E-state index in [1.54, 1.807) is 5.56 Å². The molecule has 1 aliphatic rings. The summed E-state index contributed by atoms with van der Waals surface area (Å²) in [6.45, 7) is 3.42. The second kappa shape index (κ2) is 5.15. The Balaban J connectivity index is 1.78. The zero-order chi connectivity index (χ0) is 12.4. The van der Waals surface area contributed by atoms with Crippen molar-refractivity contribution in [1.29, 1.82) is 0 Å². The fourth-order valence-corrected chi connectivity index (χ4v) is 3.03. The summed E-state index contributed by atoms with van der Waals surface area (Å²) < 4.78 is 0. The van der Waals surface area contributed by atoms with E-state index < -0.39 is 0 Å². The van der Waals surface area contributed by atoms with Crippen molar-refractivity contribution in [1.82, 2.24) is 10.3 Å². The lowest BCUT2D eigenvalue weighted by molar-refractivity contribution is 0.452. The van der Waals surface area contributed by atoms with Crippen LogP contribution in [0.4, 0.5) is 0 Å². The summed E-state index contributed by atoms with van der Waals surface area (Å²) in [4.78, 5) is 3.58. The SMILES string of the molecule is CCCCN[C@H]1CCc2[nH]c3ccccc3c2C1. The van der Waals surface area contributed by atoms with Crippen LogP contribution in [0.25, 0.3) is 10.9 Å².